The molecule has 4 heteroatoms. The first-order valence-electron chi connectivity index (χ1n) is 5.99. The Bertz CT molecular complexity index is 390. The fourth-order valence-corrected chi connectivity index (χ4v) is 1.90. The molecular formula is C14H19ClO3. The molecule has 0 aliphatic heterocycles. The lowest BCUT2D eigenvalue weighted by Crippen LogP contribution is -2.24. The standard InChI is InChI=1S/C14H19ClO3/c1-10(2)7-11(14(16)17-3)9-18-13-6-4-5-12(15)8-13/h4-6,8,10-11H,7,9H2,1-3H3. The Morgan fingerprint density at radius 1 is 1.39 bits per heavy atom. The summed E-state index contributed by atoms with van der Waals surface area (Å²) in [4.78, 5) is 11.6. The minimum absolute atomic E-state index is 0.231. The molecule has 0 spiro atoms. The number of carbonyl (C=O) groups excluding carboxylic acids is 1. The van der Waals surface area contributed by atoms with Crippen LogP contribution >= 0.6 is 11.6 Å². The molecule has 1 aromatic carbocycles. The molecule has 0 aromatic heterocycles. The highest BCUT2D eigenvalue weighted by Crippen LogP contribution is 2.20. The number of rotatable bonds is 6. The topological polar surface area (TPSA) is 35.5 Å². The third-order valence-corrected chi connectivity index (χ3v) is 2.77. The molecule has 0 radical (unpaired) electrons. The van der Waals surface area contributed by atoms with E-state index in [0.29, 0.717) is 23.3 Å². The van der Waals surface area contributed by atoms with E-state index in [4.69, 9.17) is 21.1 Å². The van der Waals surface area contributed by atoms with Crippen molar-refractivity contribution in [3.05, 3.63) is 29.3 Å². The average molecular weight is 271 g/mol. The first-order chi connectivity index (χ1) is 8.52. The van der Waals surface area contributed by atoms with Gasteiger partial charge in [0.1, 0.15) is 12.4 Å². The number of benzene rings is 1. The SMILES string of the molecule is COC(=O)C(COc1cccc(Cl)c1)CC(C)C. The van der Waals surface area contributed by atoms with E-state index in [9.17, 15) is 4.79 Å². The molecule has 0 aliphatic carbocycles. The van der Waals surface area contributed by atoms with Gasteiger partial charge in [-0.3, -0.25) is 4.79 Å². The zero-order chi connectivity index (χ0) is 13.5. The van der Waals surface area contributed by atoms with Crippen LogP contribution in [0, 0.1) is 11.8 Å². The van der Waals surface area contributed by atoms with Crippen molar-refractivity contribution in [3.63, 3.8) is 0 Å². The molecule has 0 saturated carbocycles. The predicted octanol–water partition coefficient (Wildman–Crippen LogP) is 3.55. The molecule has 0 bridgehead atoms. The lowest BCUT2D eigenvalue weighted by Gasteiger charge is -2.17. The molecule has 1 rings (SSSR count). The quantitative estimate of drug-likeness (QED) is 0.742. The van der Waals surface area contributed by atoms with Gasteiger partial charge in [-0.15, -0.1) is 0 Å². The maximum Gasteiger partial charge on any atom is 0.312 e. The van der Waals surface area contributed by atoms with Gasteiger partial charge in [-0.05, 0) is 30.5 Å². The number of halogens is 1. The molecular weight excluding hydrogens is 252 g/mol. The Morgan fingerprint density at radius 2 is 2.11 bits per heavy atom. The fraction of sp³-hybridized carbons (Fsp3) is 0.500. The van der Waals surface area contributed by atoms with Gasteiger partial charge in [0.15, 0.2) is 0 Å². The molecule has 18 heavy (non-hydrogen) atoms. The zero-order valence-electron chi connectivity index (χ0n) is 11.0. The summed E-state index contributed by atoms with van der Waals surface area (Å²) in [6.07, 6.45) is 0.743. The number of methoxy groups -OCH3 is 1. The second-order valence-electron chi connectivity index (χ2n) is 4.62. The summed E-state index contributed by atoms with van der Waals surface area (Å²) in [5.41, 5.74) is 0. The first-order valence-corrected chi connectivity index (χ1v) is 6.37. The summed E-state index contributed by atoms with van der Waals surface area (Å²) < 4.78 is 10.4. The van der Waals surface area contributed by atoms with Crippen molar-refractivity contribution in [2.24, 2.45) is 11.8 Å². The van der Waals surface area contributed by atoms with Crippen molar-refractivity contribution in [1.82, 2.24) is 0 Å². The Hall–Kier alpha value is -1.22. The van der Waals surface area contributed by atoms with E-state index in [1.807, 2.05) is 12.1 Å². The van der Waals surface area contributed by atoms with Gasteiger partial charge in [-0.25, -0.2) is 0 Å². The van der Waals surface area contributed by atoms with E-state index in [-0.39, 0.29) is 11.9 Å². The third kappa shape index (κ3) is 4.96. The minimum atomic E-state index is -0.242. The lowest BCUT2D eigenvalue weighted by atomic mass is 9.98. The van der Waals surface area contributed by atoms with Crippen molar-refractivity contribution >= 4 is 17.6 Å². The van der Waals surface area contributed by atoms with E-state index in [0.717, 1.165) is 6.42 Å². The fourth-order valence-electron chi connectivity index (χ4n) is 1.72. The molecule has 100 valence electrons. The van der Waals surface area contributed by atoms with E-state index >= 15 is 0 Å². The van der Waals surface area contributed by atoms with Crippen molar-refractivity contribution in [2.75, 3.05) is 13.7 Å². The monoisotopic (exact) mass is 270 g/mol. The number of hydrogen-bond donors (Lipinski definition) is 0. The van der Waals surface area contributed by atoms with Gasteiger partial charge >= 0.3 is 5.97 Å². The third-order valence-electron chi connectivity index (χ3n) is 2.54. The molecule has 1 unspecified atom stereocenters. The lowest BCUT2D eigenvalue weighted by molar-refractivity contribution is -0.147. The maximum absolute atomic E-state index is 11.6. The average Bonchev–Trinajstić information content (AvgIpc) is 2.33. The molecule has 0 heterocycles. The summed E-state index contributed by atoms with van der Waals surface area (Å²) >= 11 is 5.86. The van der Waals surface area contributed by atoms with Crippen LogP contribution in [0.15, 0.2) is 24.3 Å². The maximum atomic E-state index is 11.6. The Kier molecular flexibility index (Phi) is 5.99. The molecule has 1 aromatic rings. The normalized spacial score (nSPS) is 12.3. The smallest absolute Gasteiger partial charge is 0.312 e. The summed E-state index contributed by atoms with van der Waals surface area (Å²) in [6.45, 7) is 4.44. The molecule has 0 fully saturated rings. The summed E-state index contributed by atoms with van der Waals surface area (Å²) in [5, 5.41) is 0.617. The first kappa shape index (κ1) is 14.8. The molecule has 1 atom stereocenters. The van der Waals surface area contributed by atoms with Crippen LogP contribution in [0.2, 0.25) is 5.02 Å². The van der Waals surface area contributed by atoms with Crippen molar-refractivity contribution in [2.45, 2.75) is 20.3 Å². The molecule has 0 saturated heterocycles. The van der Waals surface area contributed by atoms with Gasteiger partial charge < -0.3 is 9.47 Å². The highest BCUT2D eigenvalue weighted by molar-refractivity contribution is 6.30. The van der Waals surface area contributed by atoms with Crippen molar-refractivity contribution < 1.29 is 14.3 Å². The highest BCUT2D eigenvalue weighted by Gasteiger charge is 2.21. The van der Waals surface area contributed by atoms with Gasteiger partial charge in [0.05, 0.1) is 13.0 Å². The summed E-state index contributed by atoms with van der Waals surface area (Å²) in [7, 11) is 1.40. The van der Waals surface area contributed by atoms with E-state index in [2.05, 4.69) is 13.8 Å². The van der Waals surface area contributed by atoms with Gasteiger partial charge in [-0.1, -0.05) is 31.5 Å². The van der Waals surface area contributed by atoms with Gasteiger partial charge in [-0.2, -0.15) is 0 Å². The molecule has 3 nitrogen and oxygen atoms in total. The van der Waals surface area contributed by atoms with Crippen LogP contribution < -0.4 is 4.74 Å². The second-order valence-corrected chi connectivity index (χ2v) is 5.05. The van der Waals surface area contributed by atoms with Gasteiger partial charge in [0.25, 0.3) is 0 Å². The molecule has 0 N–H and O–H groups in total. The number of ether oxygens (including phenoxy) is 2. The Morgan fingerprint density at radius 3 is 2.67 bits per heavy atom. The van der Waals surface area contributed by atoms with Gasteiger partial charge in [0, 0.05) is 5.02 Å². The number of carbonyl (C=O) groups is 1. The van der Waals surface area contributed by atoms with Crippen LogP contribution in [0.4, 0.5) is 0 Å². The molecule has 0 amide bonds. The van der Waals surface area contributed by atoms with Crippen LogP contribution in [0.3, 0.4) is 0 Å². The number of esters is 1. The van der Waals surface area contributed by atoms with Crippen molar-refractivity contribution in [3.8, 4) is 5.75 Å². The predicted molar refractivity (Wildman–Crippen MR) is 71.9 cm³/mol. The van der Waals surface area contributed by atoms with Crippen LogP contribution in [-0.4, -0.2) is 19.7 Å². The van der Waals surface area contributed by atoms with Crippen LogP contribution in [-0.2, 0) is 9.53 Å². The van der Waals surface area contributed by atoms with Crippen LogP contribution in [0.5, 0.6) is 5.75 Å². The van der Waals surface area contributed by atoms with Crippen molar-refractivity contribution in [1.29, 1.82) is 0 Å². The van der Waals surface area contributed by atoms with Gasteiger partial charge in [0.2, 0.25) is 0 Å². The van der Waals surface area contributed by atoms with E-state index in [1.165, 1.54) is 7.11 Å². The Balaban J connectivity index is 2.58. The number of hydrogen-bond acceptors (Lipinski definition) is 3. The largest absolute Gasteiger partial charge is 0.493 e. The highest BCUT2D eigenvalue weighted by atomic mass is 35.5. The minimum Gasteiger partial charge on any atom is -0.493 e. The van der Waals surface area contributed by atoms with E-state index in [1.54, 1.807) is 12.1 Å². The Labute approximate surface area is 113 Å². The second kappa shape index (κ2) is 7.27. The van der Waals surface area contributed by atoms with Crippen LogP contribution in [0.25, 0.3) is 0 Å². The van der Waals surface area contributed by atoms with E-state index < -0.39 is 0 Å². The van der Waals surface area contributed by atoms with Crippen LogP contribution in [0.1, 0.15) is 20.3 Å². The zero-order valence-corrected chi connectivity index (χ0v) is 11.7. The summed E-state index contributed by atoms with van der Waals surface area (Å²) in [5.74, 6) is 0.608. The summed E-state index contributed by atoms with van der Waals surface area (Å²) in [6, 6.07) is 7.13. The molecule has 0 aliphatic rings.